The Morgan fingerprint density at radius 2 is 1.62 bits per heavy atom. The van der Waals surface area contributed by atoms with Crippen molar-refractivity contribution in [2.24, 2.45) is 0 Å². The fraction of sp³-hybridized carbons (Fsp3) is 0.208. The molecule has 0 saturated carbocycles. The van der Waals surface area contributed by atoms with E-state index in [1.165, 1.54) is 16.4 Å². The Bertz CT molecular complexity index is 1140. The van der Waals surface area contributed by atoms with Crippen molar-refractivity contribution in [2.45, 2.75) is 29.3 Å². The first kappa shape index (κ1) is 24.5. The molecule has 3 rings (SSSR count). The number of nitrogens with zero attached hydrogens (tertiary/aromatic N) is 1. The molecule has 1 atom stereocenters. The summed E-state index contributed by atoms with van der Waals surface area (Å²) in [5.74, 6) is -0.358. The fourth-order valence-electron chi connectivity index (χ4n) is 3.18. The lowest BCUT2D eigenvalue weighted by atomic mass is 10.1. The fourth-order valence-corrected chi connectivity index (χ4v) is 5.26. The van der Waals surface area contributed by atoms with Gasteiger partial charge in [0.2, 0.25) is 15.9 Å². The predicted octanol–water partition coefficient (Wildman–Crippen LogP) is 5.24. The second-order valence-corrected chi connectivity index (χ2v) is 11.0. The summed E-state index contributed by atoms with van der Waals surface area (Å²) in [7, 11) is -3.86. The van der Waals surface area contributed by atoms with Gasteiger partial charge in [0.1, 0.15) is 0 Å². The Labute approximate surface area is 202 Å². The van der Waals surface area contributed by atoms with Gasteiger partial charge in [-0.05, 0) is 60.7 Å². The number of thioether (sulfide) groups is 1. The molecule has 0 unspecified atom stereocenters. The van der Waals surface area contributed by atoms with Gasteiger partial charge in [0.05, 0.1) is 17.5 Å². The molecule has 5 nitrogen and oxygen atoms in total. The summed E-state index contributed by atoms with van der Waals surface area (Å²) in [6, 6.07) is 23.3. The lowest BCUT2D eigenvalue weighted by molar-refractivity contribution is -0.122. The molecule has 0 saturated heterocycles. The van der Waals surface area contributed by atoms with Gasteiger partial charge in [-0.2, -0.15) is 4.31 Å². The minimum absolute atomic E-state index is 0.0920. The zero-order valence-electron chi connectivity index (χ0n) is 17.9. The molecule has 0 bridgehead atoms. The van der Waals surface area contributed by atoms with Gasteiger partial charge in [-0.3, -0.25) is 4.79 Å². The Morgan fingerprint density at radius 1 is 1.00 bits per heavy atom. The van der Waals surface area contributed by atoms with Gasteiger partial charge in [0.15, 0.2) is 0 Å². The highest BCUT2D eigenvalue weighted by Crippen LogP contribution is 2.21. The lowest BCUT2D eigenvalue weighted by Gasteiger charge is -2.23. The van der Waals surface area contributed by atoms with Crippen LogP contribution in [0.4, 0.5) is 0 Å². The molecule has 1 N–H and O–H groups in total. The molecule has 32 heavy (non-hydrogen) atoms. The largest absolute Gasteiger partial charge is 0.348 e. The quantitative estimate of drug-likeness (QED) is 0.382. The molecule has 0 heterocycles. The van der Waals surface area contributed by atoms with E-state index in [1.807, 2.05) is 61.7 Å². The number of amides is 1. The van der Waals surface area contributed by atoms with E-state index in [2.05, 4.69) is 21.2 Å². The second-order valence-electron chi connectivity index (χ2n) is 7.27. The van der Waals surface area contributed by atoms with E-state index in [0.717, 1.165) is 20.5 Å². The summed E-state index contributed by atoms with van der Waals surface area (Å²) >= 11 is 5.04. The Balaban J connectivity index is 1.79. The van der Waals surface area contributed by atoms with Gasteiger partial charge < -0.3 is 5.32 Å². The molecule has 0 aliphatic heterocycles. The number of hydrogen-bond donors (Lipinski definition) is 1. The molecule has 0 aromatic heterocycles. The number of carbonyl (C=O) groups excluding carboxylic acids is 1. The van der Waals surface area contributed by atoms with Crippen molar-refractivity contribution in [3.05, 3.63) is 94.5 Å². The predicted molar refractivity (Wildman–Crippen MR) is 133 cm³/mol. The molecule has 3 aromatic rings. The first-order valence-corrected chi connectivity index (χ1v) is 13.5. The molecule has 3 aromatic carbocycles. The zero-order valence-corrected chi connectivity index (χ0v) is 21.1. The average Bonchev–Trinajstić information content (AvgIpc) is 2.80. The number of hydrogen-bond acceptors (Lipinski definition) is 4. The van der Waals surface area contributed by atoms with Crippen LogP contribution in [0.5, 0.6) is 0 Å². The molecule has 0 aliphatic carbocycles. The van der Waals surface area contributed by atoms with Gasteiger partial charge in [-0.1, -0.05) is 58.4 Å². The van der Waals surface area contributed by atoms with Crippen LogP contribution in [0.25, 0.3) is 0 Å². The summed E-state index contributed by atoms with van der Waals surface area (Å²) in [5.41, 5.74) is 1.75. The lowest BCUT2D eigenvalue weighted by Crippen LogP contribution is -2.41. The van der Waals surface area contributed by atoms with Gasteiger partial charge in [-0.15, -0.1) is 11.8 Å². The van der Waals surface area contributed by atoms with Crippen molar-refractivity contribution in [1.82, 2.24) is 9.62 Å². The topological polar surface area (TPSA) is 66.5 Å². The van der Waals surface area contributed by atoms with E-state index in [9.17, 15) is 13.2 Å². The van der Waals surface area contributed by atoms with E-state index >= 15 is 0 Å². The van der Waals surface area contributed by atoms with Gasteiger partial charge >= 0.3 is 0 Å². The molecule has 8 heteroatoms. The monoisotopic (exact) mass is 532 g/mol. The Morgan fingerprint density at radius 3 is 2.22 bits per heavy atom. The minimum atomic E-state index is -3.86. The molecular weight excluding hydrogens is 508 g/mol. The Hall–Kier alpha value is -2.13. The second kappa shape index (κ2) is 11.1. The number of sulfonamides is 1. The van der Waals surface area contributed by atoms with Crippen LogP contribution in [0.1, 0.15) is 24.1 Å². The van der Waals surface area contributed by atoms with E-state index in [0.29, 0.717) is 0 Å². The minimum Gasteiger partial charge on any atom is -0.348 e. The van der Waals surface area contributed by atoms with Gasteiger partial charge in [0, 0.05) is 15.9 Å². The third kappa shape index (κ3) is 6.45. The normalized spacial score (nSPS) is 12.5. The number of nitrogens with one attached hydrogen (secondary N) is 1. The third-order valence-corrected chi connectivity index (χ3v) is 8.04. The average molecular weight is 534 g/mol. The van der Waals surface area contributed by atoms with Crippen molar-refractivity contribution in [1.29, 1.82) is 0 Å². The van der Waals surface area contributed by atoms with Crippen molar-refractivity contribution < 1.29 is 13.2 Å². The molecule has 0 radical (unpaired) electrons. The van der Waals surface area contributed by atoms with Crippen molar-refractivity contribution in [3.63, 3.8) is 0 Å². The number of halogens is 1. The van der Waals surface area contributed by atoms with Crippen LogP contribution in [0.15, 0.2) is 93.1 Å². The number of carbonyl (C=O) groups is 1. The van der Waals surface area contributed by atoms with Gasteiger partial charge in [-0.25, -0.2) is 8.42 Å². The molecule has 168 valence electrons. The summed E-state index contributed by atoms with van der Waals surface area (Å²) in [5, 5.41) is 2.92. The van der Waals surface area contributed by atoms with Crippen LogP contribution in [0, 0.1) is 0 Å². The molecule has 1 amide bonds. The SMILES string of the molecule is CSc1ccc([C@@H](C)NC(=O)CN(Cc2ccc(Br)cc2)S(=O)(=O)c2ccccc2)cc1. The van der Waals surface area contributed by atoms with Crippen LogP contribution in [-0.4, -0.2) is 31.4 Å². The van der Waals surface area contributed by atoms with E-state index in [1.54, 1.807) is 30.0 Å². The zero-order chi connectivity index (χ0) is 23.1. The maximum atomic E-state index is 13.3. The number of benzene rings is 3. The molecule has 0 spiro atoms. The van der Waals surface area contributed by atoms with Crippen LogP contribution in [-0.2, 0) is 21.4 Å². The summed E-state index contributed by atoms with van der Waals surface area (Å²) < 4.78 is 28.7. The van der Waals surface area contributed by atoms with Crippen LogP contribution in [0.3, 0.4) is 0 Å². The highest BCUT2D eigenvalue weighted by atomic mass is 79.9. The van der Waals surface area contributed by atoms with E-state index in [-0.39, 0.29) is 29.9 Å². The molecular formula is C24H25BrN2O3S2. The van der Waals surface area contributed by atoms with E-state index in [4.69, 9.17) is 0 Å². The van der Waals surface area contributed by atoms with Crippen molar-refractivity contribution in [2.75, 3.05) is 12.8 Å². The van der Waals surface area contributed by atoms with Crippen LogP contribution >= 0.6 is 27.7 Å². The molecule has 0 aliphatic rings. The Kier molecular flexibility index (Phi) is 8.53. The summed E-state index contributed by atoms with van der Waals surface area (Å²) in [6.07, 6.45) is 2.01. The van der Waals surface area contributed by atoms with Crippen molar-refractivity contribution >= 4 is 43.6 Å². The van der Waals surface area contributed by atoms with Crippen LogP contribution in [0.2, 0.25) is 0 Å². The third-order valence-electron chi connectivity index (χ3n) is 4.97. The van der Waals surface area contributed by atoms with E-state index < -0.39 is 10.0 Å². The first-order chi connectivity index (χ1) is 15.3. The highest BCUT2D eigenvalue weighted by molar-refractivity contribution is 9.10. The van der Waals surface area contributed by atoms with Crippen molar-refractivity contribution in [3.8, 4) is 0 Å². The molecule has 0 fully saturated rings. The first-order valence-electron chi connectivity index (χ1n) is 10.0. The number of rotatable bonds is 9. The summed E-state index contributed by atoms with van der Waals surface area (Å²) in [4.78, 5) is 14.2. The maximum absolute atomic E-state index is 13.3. The summed E-state index contributed by atoms with van der Waals surface area (Å²) in [6.45, 7) is 1.70. The maximum Gasteiger partial charge on any atom is 0.243 e. The van der Waals surface area contributed by atoms with Gasteiger partial charge in [0.25, 0.3) is 0 Å². The smallest absolute Gasteiger partial charge is 0.243 e. The van der Waals surface area contributed by atoms with Crippen LogP contribution < -0.4 is 5.32 Å². The highest BCUT2D eigenvalue weighted by Gasteiger charge is 2.27. The standard InChI is InChI=1S/C24H25BrN2O3S2/c1-18(20-10-14-22(31-2)15-11-20)26-24(28)17-27(16-19-8-12-21(25)13-9-19)32(29,30)23-6-4-3-5-7-23/h3-15,18H,16-17H2,1-2H3,(H,26,28)/t18-/m1/s1.